The number of hydrogen-bond acceptors (Lipinski definition) is 8. The van der Waals surface area contributed by atoms with Crippen molar-refractivity contribution in [1.82, 2.24) is 0 Å². The van der Waals surface area contributed by atoms with Gasteiger partial charge in [-0.15, -0.1) is 0 Å². The molecule has 4 aliphatic carbocycles. The van der Waals surface area contributed by atoms with Gasteiger partial charge in [-0.05, 0) is 68.6 Å². The van der Waals surface area contributed by atoms with Crippen LogP contribution in [0.2, 0.25) is 0 Å². The summed E-state index contributed by atoms with van der Waals surface area (Å²) in [7, 11) is 2.93. The summed E-state index contributed by atoms with van der Waals surface area (Å²) >= 11 is 0. The van der Waals surface area contributed by atoms with E-state index in [0.29, 0.717) is 23.5 Å². The molecular formula is C27H38N2O6. The third-order valence-electron chi connectivity index (χ3n) is 10.4. The van der Waals surface area contributed by atoms with Crippen LogP contribution in [0.1, 0.15) is 72.6 Å². The van der Waals surface area contributed by atoms with Crippen LogP contribution in [-0.4, -0.2) is 49.3 Å². The molecule has 8 nitrogen and oxygen atoms in total. The Labute approximate surface area is 207 Å². The van der Waals surface area contributed by atoms with Crippen LogP contribution in [-0.2, 0) is 28.7 Å². The normalized spacial score (nSPS) is 43.9. The van der Waals surface area contributed by atoms with Gasteiger partial charge in [0.25, 0.3) is 0 Å². The molecule has 0 radical (unpaired) electrons. The topological polar surface area (TPSA) is 95.8 Å². The van der Waals surface area contributed by atoms with Crippen LogP contribution in [0.3, 0.4) is 0 Å². The minimum atomic E-state index is -0.806. The third kappa shape index (κ3) is 3.23. The van der Waals surface area contributed by atoms with Crippen molar-refractivity contribution in [3.05, 3.63) is 11.6 Å². The second-order valence-electron chi connectivity index (χ2n) is 11.6. The second-order valence-corrected chi connectivity index (χ2v) is 11.6. The highest BCUT2D eigenvalue weighted by Crippen LogP contribution is 2.70. The Kier molecular flexibility index (Phi) is 5.80. The van der Waals surface area contributed by atoms with Gasteiger partial charge >= 0.3 is 11.9 Å². The van der Waals surface area contributed by atoms with Gasteiger partial charge in [-0.3, -0.25) is 4.79 Å². The van der Waals surface area contributed by atoms with E-state index in [9.17, 15) is 9.59 Å². The lowest BCUT2D eigenvalue weighted by molar-refractivity contribution is -0.149. The van der Waals surface area contributed by atoms with Gasteiger partial charge in [-0.25, -0.2) is 4.79 Å². The number of nitrogens with zero attached hydrogens (tertiary/aromatic N) is 2. The smallest absolute Gasteiger partial charge is 0.356 e. The molecule has 8 heteroatoms. The number of esters is 2. The Bertz CT molecular complexity index is 1020. The quantitative estimate of drug-likeness (QED) is 0.253. The molecule has 3 saturated carbocycles. The number of rotatable bonds is 4. The highest BCUT2D eigenvalue weighted by molar-refractivity contribution is 6.38. The molecule has 0 amide bonds. The molecule has 0 unspecified atom stereocenters. The van der Waals surface area contributed by atoms with Gasteiger partial charge < -0.3 is 19.1 Å². The van der Waals surface area contributed by atoms with E-state index in [1.165, 1.54) is 26.7 Å². The van der Waals surface area contributed by atoms with Crippen molar-refractivity contribution in [1.29, 1.82) is 0 Å². The molecule has 0 aromatic carbocycles. The maximum Gasteiger partial charge on any atom is 0.356 e. The average molecular weight is 487 g/mol. The van der Waals surface area contributed by atoms with Gasteiger partial charge in [0.15, 0.2) is 11.3 Å². The molecule has 5 rings (SSSR count). The third-order valence-corrected chi connectivity index (χ3v) is 10.4. The average Bonchev–Trinajstić information content (AvgIpc) is 3.32. The monoisotopic (exact) mass is 486 g/mol. The first-order valence-electron chi connectivity index (χ1n) is 12.9. The predicted octanol–water partition coefficient (Wildman–Crippen LogP) is 4.43. The fraction of sp³-hybridized carbons (Fsp3) is 0.778. The number of ether oxygens (including phenoxy) is 2. The summed E-state index contributed by atoms with van der Waals surface area (Å²) in [6, 6.07) is 0. The zero-order chi connectivity index (χ0) is 25.2. The molecule has 0 spiro atoms. The minimum absolute atomic E-state index is 0.00790. The van der Waals surface area contributed by atoms with Crippen molar-refractivity contribution in [2.75, 3.05) is 14.2 Å². The molecule has 35 heavy (non-hydrogen) atoms. The van der Waals surface area contributed by atoms with E-state index in [0.717, 1.165) is 50.7 Å². The number of carbonyl (C=O) groups is 2. The summed E-state index contributed by atoms with van der Waals surface area (Å²) in [5.41, 5.74) is 1.63. The molecule has 0 aromatic rings. The van der Waals surface area contributed by atoms with Gasteiger partial charge in [0.05, 0.1) is 13.0 Å². The number of methoxy groups -OCH3 is 1. The van der Waals surface area contributed by atoms with Crippen molar-refractivity contribution in [3.8, 4) is 0 Å². The number of carbonyl (C=O) groups excluding carboxylic acids is 2. The SMILES string of the molecule is CO/N=C(/C)[C@]12ON=C(C(=O)OC)[C@@H]1C[C@@H]1[C@@H]3CC=C4C[C@H](OC(C)=O)CC[C@]4(C)[C@@H]3CC[C@@]12C. The first-order valence-corrected chi connectivity index (χ1v) is 12.9. The zero-order valence-corrected chi connectivity index (χ0v) is 21.8. The lowest BCUT2D eigenvalue weighted by Gasteiger charge is -2.58. The number of oxime groups is 2. The van der Waals surface area contributed by atoms with Crippen LogP contribution >= 0.6 is 0 Å². The Hall–Kier alpha value is -2.38. The maximum atomic E-state index is 12.7. The molecule has 1 heterocycles. The molecule has 0 aromatic heterocycles. The summed E-state index contributed by atoms with van der Waals surface area (Å²) in [4.78, 5) is 35.7. The predicted molar refractivity (Wildman–Crippen MR) is 130 cm³/mol. The van der Waals surface area contributed by atoms with E-state index in [1.54, 1.807) is 0 Å². The van der Waals surface area contributed by atoms with E-state index < -0.39 is 11.6 Å². The van der Waals surface area contributed by atoms with Crippen LogP contribution in [0, 0.1) is 34.5 Å². The van der Waals surface area contributed by atoms with E-state index in [1.807, 2.05) is 6.92 Å². The number of fused-ring (bicyclic) bond motifs is 7. The largest absolute Gasteiger partial charge is 0.464 e. The van der Waals surface area contributed by atoms with Crippen LogP contribution in [0.5, 0.6) is 0 Å². The Morgan fingerprint density at radius 1 is 1.14 bits per heavy atom. The molecule has 5 aliphatic rings. The molecule has 0 N–H and O–H groups in total. The fourth-order valence-corrected chi connectivity index (χ4v) is 8.87. The van der Waals surface area contributed by atoms with Crippen molar-refractivity contribution < 1.29 is 28.7 Å². The Morgan fingerprint density at radius 3 is 2.60 bits per heavy atom. The molecule has 8 atom stereocenters. The van der Waals surface area contributed by atoms with Crippen LogP contribution in [0.4, 0.5) is 0 Å². The molecule has 0 bridgehead atoms. The highest BCUT2D eigenvalue weighted by atomic mass is 16.7. The van der Waals surface area contributed by atoms with Crippen molar-refractivity contribution in [2.24, 2.45) is 44.8 Å². The van der Waals surface area contributed by atoms with Crippen molar-refractivity contribution >= 4 is 23.4 Å². The molecule has 0 saturated heterocycles. The molecule has 192 valence electrons. The summed E-state index contributed by atoms with van der Waals surface area (Å²) in [6.45, 7) is 8.15. The van der Waals surface area contributed by atoms with E-state index in [4.69, 9.17) is 19.1 Å². The van der Waals surface area contributed by atoms with E-state index in [2.05, 4.69) is 30.2 Å². The molecule has 1 aliphatic heterocycles. The Morgan fingerprint density at radius 2 is 1.91 bits per heavy atom. The summed E-state index contributed by atoms with van der Waals surface area (Å²) in [5, 5.41) is 8.59. The lowest BCUT2D eigenvalue weighted by Crippen LogP contribution is -2.59. The summed E-state index contributed by atoms with van der Waals surface area (Å²) in [5.74, 6) is 0.550. The van der Waals surface area contributed by atoms with Crippen molar-refractivity contribution in [3.63, 3.8) is 0 Å². The van der Waals surface area contributed by atoms with Crippen molar-refractivity contribution in [2.45, 2.75) is 84.3 Å². The van der Waals surface area contributed by atoms with E-state index >= 15 is 0 Å². The summed E-state index contributed by atoms with van der Waals surface area (Å²) in [6.07, 6.45) is 9.06. The van der Waals surface area contributed by atoms with E-state index in [-0.39, 0.29) is 28.8 Å². The number of allylic oxidation sites excluding steroid dienone is 1. The lowest BCUT2D eigenvalue weighted by atomic mass is 9.46. The molecular weight excluding hydrogens is 448 g/mol. The first-order chi connectivity index (χ1) is 16.6. The first kappa shape index (κ1) is 24.3. The fourth-order valence-electron chi connectivity index (χ4n) is 8.87. The highest BCUT2D eigenvalue weighted by Gasteiger charge is 2.74. The Balaban J connectivity index is 1.51. The standard InChI is InChI=1S/C27H38N2O6/c1-15(28-33-6)27-22(23(29-35-27)24(31)32-5)14-21-19-8-7-17-13-18(34-16(2)30)9-11-25(17,3)20(19)10-12-26(21,27)4/h7,18-22H,8-14H2,1-6H3/b28-15-/t18-,19-,20-,21-,22+,25+,26+,27+/m1/s1. The van der Waals surface area contributed by atoms with Gasteiger partial charge in [-0.1, -0.05) is 35.8 Å². The second kappa shape index (κ2) is 8.34. The zero-order valence-electron chi connectivity index (χ0n) is 21.8. The maximum absolute atomic E-state index is 12.7. The summed E-state index contributed by atoms with van der Waals surface area (Å²) < 4.78 is 10.7. The van der Waals surface area contributed by atoms with Gasteiger partial charge in [0, 0.05) is 18.8 Å². The minimum Gasteiger partial charge on any atom is -0.464 e. The van der Waals surface area contributed by atoms with Gasteiger partial charge in [0.1, 0.15) is 18.9 Å². The van der Waals surface area contributed by atoms with Crippen LogP contribution < -0.4 is 0 Å². The van der Waals surface area contributed by atoms with Crippen LogP contribution in [0.15, 0.2) is 22.0 Å². The van der Waals surface area contributed by atoms with Gasteiger partial charge in [-0.2, -0.15) is 0 Å². The molecule has 3 fully saturated rings. The number of hydrogen-bond donors (Lipinski definition) is 0. The van der Waals surface area contributed by atoms with Crippen LogP contribution in [0.25, 0.3) is 0 Å². The van der Waals surface area contributed by atoms with Gasteiger partial charge in [0.2, 0.25) is 0 Å².